The molecule has 5 nitrogen and oxygen atoms in total. The van der Waals surface area contributed by atoms with Crippen LogP contribution in [0.5, 0.6) is 17.2 Å². The van der Waals surface area contributed by atoms with E-state index in [9.17, 15) is 0 Å². The molecule has 5 heteroatoms. The summed E-state index contributed by atoms with van der Waals surface area (Å²) in [5.41, 5.74) is 2.03. The number of aliphatic hydroxyl groups excluding tert-OH is 2. The molecule has 0 aliphatic rings. The predicted molar refractivity (Wildman–Crippen MR) is 116 cm³/mol. The molecule has 0 spiro atoms. The van der Waals surface area contributed by atoms with Crippen molar-refractivity contribution < 1.29 is 25.5 Å². The van der Waals surface area contributed by atoms with Gasteiger partial charge in [0.15, 0.2) is 0 Å². The first kappa shape index (κ1) is 26.9. The lowest BCUT2D eigenvalue weighted by molar-refractivity contribution is 0.411. The molecule has 0 radical (unpaired) electrons. The van der Waals surface area contributed by atoms with E-state index < -0.39 is 0 Å². The molecule has 0 amide bonds. The van der Waals surface area contributed by atoms with Crippen molar-refractivity contribution in [1.29, 1.82) is 0 Å². The van der Waals surface area contributed by atoms with Gasteiger partial charge in [0.1, 0.15) is 23.0 Å². The summed E-state index contributed by atoms with van der Waals surface area (Å²) in [7, 11) is 0. The summed E-state index contributed by atoms with van der Waals surface area (Å²) in [6.45, 7) is 12.7. The first-order valence-corrected chi connectivity index (χ1v) is 8.79. The van der Waals surface area contributed by atoms with Gasteiger partial charge in [-0.05, 0) is 80.5 Å². The van der Waals surface area contributed by atoms with Crippen molar-refractivity contribution in [3.8, 4) is 17.2 Å². The Morgan fingerprint density at radius 1 is 0.821 bits per heavy atom. The number of aryl methyl sites for hydroxylation is 2. The van der Waals surface area contributed by atoms with Crippen LogP contribution in [0.1, 0.15) is 31.9 Å². The van der Waals surface area contributed by atoms with Crippen molar-refractivity contribution in [3.63, 3.8) is 0 Å². The van der Waals surface area contributed by atoms with Crippen LogP contribution < -0.4 is 0 Å². The van der Waals surface area contributed by atoms with Gasteiger partial charge in [0.05, 0.1) is 5.76 Å². The van der Waals surface area contributed by atoms with Gasteiger partial charge in [0.25, 0.3) is 0 Å². The van der Waals surface area contributed by atoms with E-state index in [1.807, 2.05) is 39.8 Å². The van der Waals surface area contributed by atoms with Crippen LogP contribution >= 0.6 is 0 Å². The molecule has 2 aromatic rings. The minimum atomic E-state index is 0.0448. The molecule has 0 aliphatic heterocycles. The Morgan fingerprint density at radius 2 is 1.29 bits per heavy atom. The average Bonchev–Trinajstić information content (AvgIpc) is 2.68. The fourth-order valence-electron chi connectivity index (χ4n) is 1.45. The number of aromatic hydroxyl groups is 3. The number of rotatable bonds is 2. The Bertz CT molecular complexity index is 719. The van der Waals surface area contributed by atoms with E-state index in [2.05, 4.69) is 6.58 Å². The Morgan fingerprint density at radius 3 is 1.61 bits per heavy atom. The molecule has 0 fully saturated rings. The lowest BCUT2D eigenvalue weighted by Crippen LogP contribution is -1.74. The molecular formula is C23H32O5. The Balaban J connectivity index is 0. The summed E-state index contributed by atoms with van der Waals surface area (Å²) in [6.07, 6.45) is 4.04. The second kappa shape index (κ2) is 15.9. The largest absolute Gasteiger partial charge is 0.513 e. The van der Waals surface area contributed by atoms with Crippen LogP contribution in [0.3, 0.4) is 0 Å². The summed E-state index contributed by atoms with van der Waals surface area (Å²) in [5.74, 6) is 0.924. The number of phenolic OH excluding ortho intramolecular Hbond substituents is 3. The molecule has 0 aromatic heterocycles. The minimum absolute atomic E-state index is 0.0448. The van der Waals surface area contributed by atoms with Gasteiger partial charge in [0, 0.05) is 0 Å². The Labute approximate surface area is 167 Å². The Hall–Kier alpha value is -3.34. The van der Waals surface area contributed by atoms with Gasteiger partial charge in [-0.15, -0.1) is 0 Å². The van der Waals surface area contributed by atoms with Crippen LogP contribution in [0.25, 0.3) is 0 Å². The maximum Gasteiger partial charge on any atom is 0.118 e. The first-order chi connectivity index (χ1) is 13.1. The maximum atomic E-state index is 9.10. The molecule has 0 unspecified atom stereocenters. The van der Waals surface area contributed by atoms with Gasteiger partial charge in [-0.2, -0.15) is 0 Å². The zero-order valence-corrected chi connectivity index (χ0v) is 17.2. The van der Waals surface area contributed by atoms with Gasteiger partial charge >= 0.3 is 0 Å². The van der Waals surface area contributed by atoms with Crippen molar-refractivity contribution in [1.82, 2.24) is 0 Å². The van der Waals surface area contributed by atoms with Crippen LogP contribution in [0.4, 0.5) is 0 Å². The third kappa shape index (κ3) is 15.0. The topological polar surface area (TPSA) is 101 Å². The third-order valence-corrected chi connectivity index (χ3v) is 2.92. The molecule has 5 N–H and O–H groups in total. The molecule has 28 heavy (non-hydrogen) atoms. The van der Waals surface area contributed by atoms with Crippen LogP contribution in [0, 0.1) is 13.8 Å². The molecule has 2 rings (SSSR count). The summed E-state index contributed by atoms with van der Waals surface area (Å²) in [4.78, 5) is 0. The van der Waals surface area contributed by atoms with Gasteiger partial charge in [-0.3, -0.25) is 0 Å². The van der Waals surface area contributed by atoms with E-state index in [0.717, 1.165) is 11.1 Å². The van der Waals surface area contributed by atoms with Crippen LogP contribution in [0.15, 0.2) is 78.8 Å². The van der Waals surface area contributed by atoms with Gasteiger partial charge < -0.3 is 25.5 Å². The summed E-state index contributed by atoms with van der Waals surface area (Å²) >= 11 is 0. The van der Waals surface area contributed by atoms with Crippen molar-refractivity contribution in [2.45, 2.75) is 34.6 Å². The smallest absolute Gasteiger partial charge is 0.118 e. The fraction of sp³-hybridized carbons (Fsp3) is 0.217. The highest BCUT2D eigenvalue weighted by Crippen LogP contribution is 2.16. The highest BCUT2D eigenvalue weighted by Gasteiger charge is 1.91. The summed E-state index contributed by atoms with van der Waals surface area (Å²) in [6, 6.07) is 11.4. The number of allylic oxidation sites excluding steroid dienone is 4. The van der Waals surface area contributed by atoms with Gasteiger partial charge in [0.2, 0.25) is 0 Å². The molecule has 0 atom stereocenters. The predicted octanol–water partition coefficient (Wildman–Crippen LogP) is 6.21. The highest BCUT2D eigenvalue weighted by atomic mass is 16.3. The van der Waals surface area contributed by atoms with E-state index >= 15 is 0 Å². The monoisotopic (exact) mass is 388 g/mol. The average molecular weight is 389 g/mol. The van der Waals surface area contributed by atoms with Crippen LogP contribution in [-0.4, -0.2) is 25.5 Å². The second-order valence-electron chi connectivity index (χ2n) is 5.41. The lowest BCUT2D eigenvalue weighted by atomic mass is 10.1. The van der Waals surface area contributed by atoms with Crippen molar-refractivity contribution in [2.24, 2.45) is 0 Å². The number of hydrogen-bond donors (Lipinski definition) is 5. The van der Waals surface area contributed by atoms with Crippen LogP contribution in [0.2, 0.25) is 0 Å². The molecule has 0 saturated heterocycles. The van der Waals surface area contributed by atoms with Crippen molar-refractivity contribution in [2.75, 3.05) is 0 Å². The van der Waals surface area contributed by atoms with Gasteiger partial charge in [-0.1, -0.05) is 32.6 Å². The SMILES string of the molecule is C=C/C(O)=C\C=C(/C)O.CC.Cc1ccc(C)c(O)c1.Oc1ccc(O)cc1. The van der Waals surface area contributed by atoms with E-state index in [1.165, 1.54) is 49.4 Å². The molecule has 0 aliphatic carbocycles. The Kier molecular flexibility index (Phi) is 15.2. The van der Waals surface area contributed by atoms with E-state index in [-0.39, 0.29) is 23.0 Å². The molecule has 0 saturated carbocycles. The zero-order valence-electron chi connectivity index (χ0n) is 17.2. The first-order valence-electron chi connectivity index (χ1n) is 8.79. The summed E-state index contributed by atoms with van der Waals surface area (Å²) in [5, 5.41) is 43.7. The molecule has 2 aromatic carbocycles. The van der Waals surface area contributed by atoms with E-state index in [4.69, 9.17) is 25.5 Å². The minimum Gasteiger partial charge on any atom is -0.513 e. The fourth-order valence-corrected chi connectivity index (χ4v) is 1.45. The summed E-state index contributed by atoms with van der Waals surface area (Å²) < 4.78 is 0. The molecular weight excluding hydrogens is 356 g/mol. The zero-order chi connectivity index (χ0) is 22.1. The molecule has 154 valence electrons. The normalized spacial score (nSPS) is 10.2. The number of hydrogen-bond acceptors (Lipinski definition) is 5. The van der Waals surface area contributed by atoms with Crippen LogP contribution in [-0.2, 0) is 0 Å². The van der Waals surface area contributed by atoms with E-state index in [0.29, 0.717) is 5.75 Å². The third-order valence-electron chi connectivity index (χ3n) is 2.92. The lowest BCUT2D eigenvalue weighted by Gasteiger charge is -1.97. The number of benzene rings is 2. The second-order valence-corrected chi connectivity index (χ2v) is 5.41. The highest BCUT2D eigenvalue weighted by molar-refractivity contribution is 5.34. The maximum absolute atomic E-state index is 9.10. The molecule has 0 bridgehead atoms. The number of aliphatic hydroxyl groups is 2. The quantitative estimate of drug-likeness (QED) is 0.239. The van der Waals surface area contributed by atoms with Crippen molar-refractivity contribution in [3.05, 3.63) is 89.9 Å². The van der Waals surface area contributed by atoms with Crippen molar-refractivity contribution >= 4 is 0 Å². The standard InChI is InChI=1S/C8H10O.C7H10O2.C6H6O2.C2H6/c1-6-3-4-7(2)8(9)5-6;1-3-7(9)5-4-6(2)8;7-5-1-2-6(8)4-3-5;1-2/h3-5,9H,1-2H3;3-5,8-9H,1H2,2H3;1-4,7-8H;1-2H3/b;6-4+,7-5+;;. The number of phenols is 3. The van der Waals surface area contributed by atoms with E-state index in [1.54, 1.807) is 6.07 Å². The molecule has 0 heterocycles. The van der Waals surface area contributed by atoms with Gasteiger partial charge in [-0.25, -0.2) is 0 Å².